The molecule has 2 aromatic rings. The molecule has 0 unspecified atom stereocenters. The highest BCUT2D eigenvalue weighted by atomic mass is 19.1. The first-order valence-corrected chi connectivity index (χ1v) is 9.41. The molecule has 0 radical (unpaired) electrons. The Bertz CT molecular complexity index is 943. The van der Waals surface area contributed by atoms with Crippen molar-refractivity contribution < 1.29 is 18.7 Å². The van der Waals surface area contributed by atoms with Crippen molar-refractivity contribution in [2.75, 3.05) is 0 Å². The fourth-order valence-electron chi connectivity index (χ4n) is 5.06. The molecule has 1 aliphatic heterocycles. The molecule has 0 saturated heterocycles. The molecule has 2 aliphatic carbocycles. The predicted molar refractivity (Wildman–Crippen MR) is 96.7 cm³/mol. The van der Waals surface area contributed by atoms with Gasteiger partial charge in [-0.2, -0.15) is 0 Å². The summed E-state index contributed by atoms with van der Waals surface area (Å²) in [6, 6.07) is 13.8. The van der Waals surface area contributed by atoms with Gasteiger partial charge in [0, 0.05) is 23.9 Å². The van der Waals surface area contributed by atoms with Gasteiger partial charge in [0.1, 0.15) is 17.2 Å². The van der Waals surface area contributed by atoms with Crippen LogP contribution >= 0.6 is 0 Å². The Morgan fingerprint density at radius 3 is 2.81 bits per heavy atom. The number of amides is 1. The molecule has 2 saturated carbocycles. The Morgan fingerprint density at radius 2 is 1.96 bits per heavy atom. The number of ether oxygens (including phenoxy) is 1. The Labute approximate surface area is 156 Å². The van der Waals surface area contributed by atoms with Gasteiger partial charge < -0.3 is 10.1 Å². The van der Waals surface area contributed by atoms with Crippen molar-refractivity contribution in [2.24, 2.45) is 17.8 Å². The highest BCUT2D eigenvalue weighted by molar-refractivity contribution is 6.00. The summed E-state index contributed by atoms with van der Waals surface area (Å²) in [5, 5.41) is 2.86. The Kier molecular flexibility index (Phi) is 3.61. The van der Waals surface area contributed by atoms with Crippen LogP contribution in [0, 0.1) is 23.6 Å². The van der Waals surface area contributed by atoms with Gasteiger partial charge >= 0.3 is 0 Å². The van der Waals surface area contributed by atoms with E-state index >= 15 is 0 Å². The summed E-state index contributed by atoms with van der Waals surface area (Å²) in [5.74, 6) is 0.509. The monoisotopic (exact) mass is 365 g/mol. The molecule has 4 atom stereocenters. The third-order valence-electron chi connectivity index (χ3n) is 6.35. The minimum Gasteiger partial charge on any atom is -0.486 e. The van der Waals surface area contributed by atoms with Crippen LogP contribution < -0.4 is 10.1 Å². The van der Waals surface area contributed by atoms with Crippen molar-refractivity contribution in [1.82, 2.24) is 5.32 Å². The van der Waals surface area contributed by atoms with E-state index in [1.54, 1.807) is 24.3 Å². The molecule has 2 fully saturated rings. The normalized spacial score (nSPS) is 30.4. The molecule has 1 spiro atoms. The van der Waals surface area contributed by atoms with Crippen molar-refractivity contribution in [3.63, 3.8) is 0 Å². The second-order valence-corrected chi connectivity index (χ2v) is 7.83. The van der Waals surface area contributed by atoms with Crippen LogP contribution in [0.3, 0.4) is 0 Å². The Morgan fingerprint density at radius 1 is 1.19 bits per heavy atom. The van der Waals surface area contributed by atoms with Crippen LogP contribution in [0.1, 0.15) is 35.2 Å². The lowest BCUT2D eigenvalue weighted by Crippen LogP contribution is -2.44. The summed E-state index contributed by atoms with van der Waals surface area (Å²) < 4.78 is 20.1. The largest absolute Gasteiger partial charge is 0.486 e. The second kappa shape index (κ2) is 5.91. The molecule has 0 aromatic heterocycles. The van der Waals surface area contributed by atoms with E-state index in [1.165, 1.54) is 6.07 Å². The topological polar surface area (TPSA) is 55.4 Å². The van der Waals surface area contributed by atoms with Crippen molar-refractivity contribution in [2.45, 2.75) is 31.4 Å². The quantitative estimate of drug-likeness (QED) is 0.906. The first-order valence-electron chi connectivity index (χ1n) is 9.41. The lowest BCUT2D eigenvalue weighted by Gasteiger charge is -2.37. The van der Waals surface area contributed by atoms with E-state index < -0.39 is 5.60 Å². The average molecular weight is 365 g/mol. The van der Waals surface area contributed by atoms with Gasteiger partial charge in [-0.25, -0.2) is 4.39 Å². The molecule has 0 bridgehead atoms. The second-order valence-electron chi connectivity index (χ2n) is 7.83. The van der Waals surface area contributed by atoms with Gasteiger partial charge in [0.25, 0.3) is 0 Å². The van der Waals surface area contributed by atoms with Crippen LogP contribution in [0.15, 0.2) is 48.5 Å². The number of nitrogens with one attached hydrogen (secondary N) is 1. The number of para-hydroxylation sites is 1. The van der Waals surface area contributed by atoms with Gasteiger partial charge in [0.2, 0.25) is 5.91 Å². The number of carbonyl (C=O) groups excluding carboxylic acids is 2. The number of rotatable bonds is 3. The lowest BCUT2D eigenvalue weighted by atomic mass is 9.84. The Balaban J connectivity index is 1.31. The van der Waals surface area contributed by atoms with E-state index in [9.17, 15) is 14.0 Å². The summed E-state index contributed by atoms with van der Waals surface area (Å²) >= 11 is 0. The number of hydrogen-bond donors (Lipinski definition) is 1. The zero-order valence-electron chi connectivity index (χ0n) is 14.8. The molecule has 5 heteroatoms. The zero-order valence-corrected chi connectivity index (χ0v) is 14.8. The minimum atomic E-state index is -0.559. The molecule has 1 amide bonds. The number of carbonyl (C=O) groups is 2. The van der Waals surface area contributed by atoms with Gasteiger partial charge in [0.15, 0.2) is 5.78 Å². The maximum Gasteiger partial charge on any atom is 0.224 e. The predicted octanol–water partition coefficient (Wildman–Crippen LogP) is 3.50. The third-order valence-corrected chi connectivity index (χ3v) is 6.35. The van der Waals surface area contributed by atoms with E-state index in [0.717, 1.165) is 12.8 Å². The molecule has 5 rings (SSSR count). The molecule has 138 valence electrons. The molecule has 2 aromatic carbocycles. The highest BCUT2D eigenvalue weighted by Gasteiger charge is 2.70. The fourth-order valence-corrected chi connectivity index (χ4v) is 5.06. The zero-order chi connectivity index (χ0) is 18.6. The summed E-state index contributed by atoms with van der Waals surface area (Å²) in [4.78, 5) is 25.3. The molecule has 1 N–H and O–H groups in total. The van der Waals surface area contributed by atoms with Crippen LogP contribution in [-0.4, -0.2) is 17.3 Å². The van der Waals surface area contributed by atoms with Gasteiger partial charge in [-0.05, 0) is 37.0 Å². The van der Waals surface area contributed by atoms with E-state index in [1.807, 2.05) is 18.2 Å². The van der Waals surface area contributed by atoms with E-state index in [-0.39, 0.29) is 41.8 Å². The number of ketones is 1. The van der Waals surface area contributed by atoms with E-state index in [2.05, 4.69) is 5.32 Å². The first-order chi connectivity index (χ1) is 13.1. The fraction of sp³-hybridized carbons (Fsp3) is 0.364. The molecule has 1 heterocycles. The van der Waals surface area contributed by atoms with Crippen LogP contribution in [-0.2, 0) is 11.3 Å². The Hall–Kier alpha value is -2.69. The molecule has 27 heavy (non-hydrogen) atoms. The molecular formula is C22H20FNO3. The van der Waals surface area contributed by atoms with Crippen LogP contribution in [0.4, 0.5) is 4.39 Å². The van der Waals surface area contributed by atoms with Crippen LogP contribution in [0.25, 0.3) is 0 Å². The number of halogens is 1. The third kappa shape index (κ3) is 2.56. The van der Waals surface area contributed by atoms with Crippen molar-refractivity contribution in [3.05, 3.63) is 65.5 Å². The summed E-state index contributed by atoms with van der Waals surface area (Å²) in [7, 11) is 0. The number of hydrogen-bond acceptors (Lipinski definition) is 3. The van der Waals surface area contributed by atoms with E-state index in [0.29, 0.717) is 23.3 Å². The number of Topliss-reactive ketones (excluding diaryl/α,β-unsaturated/α-hetero) is 1. The SMILES string of the molecule is O=C1C[C@]2(CC[C@@H]3[C@H](C(=O)NCc4ccccc4F)[C@H]32)Oc2ccccc21. The van der Waals surface area contributed by atoms with Crippen molar-refractivity contribution in [3.8, 4) is 5.75 Å². The van der Waals surface area contributed by atoms with Gasteiger partial charge in [0.05, 0.1) is 12.0 Å². The van der Waals surface area contributed by atoms with Crippen LogP contribution in [0.2, 0.25) is 0 Å². The molecular weight excluding hydrogens is 345 g/mol. The molecule has 4 nitrogen and oxygen atoms in total. The summed E-state index contributed by atoms with van der Waals surface area (Å²) in [6.45, 7) is 0.178. The van der Waals surface area contributed by atoms with Gasteiger partial charge in [-0.1, -0.05) is 30.3 Å². The van der Waals surface area contributed by atoms with Crippen molar-refractivity contribution in [1.29, 1.82) is 0 Å². The average Bonchev–Trinajstić information content (AvgIpc) is 3.32. The van der Waals surface area contributed by atoms with Gasteiger partial charge in [-0.3, -0.25) is 9.59 Å². The summed E-state index contributed by atoms with van der Waals surface area (Å²) in [5.41, 5.74) is 0.549. The van der Waals surface area contributed by atoms with E-state index in [4.69, 9.17) is 4.74 Å². The standard InChI is InChI=1S/C22H20FNO3/c23-16-7-3-1-5-13(16)12-24-21(26)19-15-9-10-22(20(15)19)11-17(25)14-6-2-4-8-18(14)27-22/h1-8,15,19-20H,9-12H2,(H,24,26)/t15-,19+,20+,22+/m1/s1. The summed E-state index contributed by atoms with van der Waals surface area (Å²) in [6.07, 6.45) is 2.03. The number of fused-ring (bicyclic) bond motifs is 3. The van der Waals surface area contributed by atoms with Crippen molar-refractivity contribution >= 4 is 11.7 Å². The number of benzene rings is 2. The first kappa shape index (κ1) is 16.5. The lowest BCUT2D eigenvalue weighted by molar-refractivity contribution is -0.124. The molecule has 3 aliphatic rings. The highest BCUT2D eigenvalue weighted by Crippen LogP contribution is 2.65. The van der Waals surface area contributed by atoms with Crippen LogP contribution in [0.5, 0.6) is 5.75 Å². The minimum absolute atomic E-state index is 0.0652. The maximum atomic E-state index is 13.7. The maximum absolute atomic E-state index is 13.7. The smallest absolute Gasteiger partial charge is 0.224 e. The van der Waals surface area contributed by atoms with Gasteiger partial charge in [-0.15, -0.1) is 0 Å².